The van der Waals surface area contributed by atoms with Crippen molar-refractivity contribution in [1.82, 2.24) is 20.7 Å². The molecule has 0 spiro atoms. The number of nitrogens with zero attached hydrogens (tertiary/aromatic N) is 2. The van der Waals surface area contributed by atoms with Gasteiger partial charge >= 0.3 is 18.2 Å². The molecule has 268 valence electrons. The summed E-state index contributed by atoms with van der Waals surface area (Å²) < 4.78 is 15.9. The van der Waals surface area contributed by atoms with Crippen LogP contribution in [0, 0.1) is 12.8 Å². The lowest BCUT2D eigenvalue weighted by Gasteiger charge is -2.29. The van der Waals surface area contributed by atoms with E-state index in [9.17, 15) is 24.0 Å². The van der Waals surface area contributed by atoms with Crippen LogP contribution < -0.4 is 20.1 Å². The number of allylic oxidation sites excluding steroid dienone is 5. The zero-order chi connectivity index (χ0) is 36.5. The van der Waals surface area contributed by atoms with Crippen LogP contribution in [0.4, 0.5) is 9.59 Å². The topological polar surface area (TPSA) is 144 Å². The minimum atomic E-state index is -1.09. The number of aryl methyl sites for hydroxylation is 1. The number of rotatable bonds is 14. The molecule has 2 unspecified atom stereocenters. The van der Waals surface area contributed by atoms with E-state index in [1.807, 2.05) is 25.2 Å². The predicted octanol–water partition coefficient (Wildman–Crippen LogP) is 5.90. The monoisotopic (exact) mass is 732 g/mol. The van der Waals surface area contributed by atoms with Crippen LogP contribution in [-0.2, 0) is 19.1 Å². The summed E-state index contributed by atoms with van der Waals surface area (Å²) in [5.41, 5.74) is 8.39. The Morgan fingerprint density at radius 2 is 1.75 bits per heavy atom. The number of amides is 4. The van der Waals surface area contributed by atoms with E-state index in [1.54, 1.807) is 25.1 Å². The van der Waals surface area contributed by atoms with E-state index >= 15 is 0 Å². The van der Waals surface area contributed by atoms with Gasteiger partial charge in [0.2, 0.25) is 0 Å². The minimum absolute atomic E-state index is 0.0116. The molecular weight excluding hydrogens is 693 g/mol. The van der Waals surface area contributed by atoms with E-state index in [4.69, 9.17) is 14.2 Å². The van der Waals surface area contributed by atoms with Gasteiger partial charge in [-0.1, -0.05) is 55.7 Å². The first-order valence-corrected chi connectivity index (χ1v) is 18.4. The van der Waals surface area contributed by atoms with Crippen molar-refractivity contribution < 1.29 is 38.2 Å². The molecule has 0 radical (unpaired) electrons. The lowest BCUT2D eigenvalue weighted by molar-refractivity contribution is -0.144. The molecule has 2 heterocycles. The Labute approximate surface area is 305 Å². The maximum absolute atomic E-state index is 14.2. The van der Waals surface area contributed by atoms with Crippen LogP contribution in [0.1, 0.15) is 45.1 Å². The fourth-order valence-electron chi connectivity index (χ4n) is 5.43. The minimum Gasteiger partial charge on any atom is -0.460 e. The number of thioether (sulfide) groups is 2. The van der Waals surface area contributed by atoms with Gasteiger partial charge in [-0.15, -0.1) is 23.5 Å². The summed E-state index contributed by atoms with van der Waals surface area (Å²) >= 11 is 2.43. The highest BCUT2D eigenvalue weighted by atomic mass is 32.2. The van der Waals surface area contributed by atoms with Gasteiger partial charge in [0.1, 0.15) is 18.3 Å². The number of esters is 1. The highest BCUT2D eigenvalue weighted by Gasteiger charge is 2.52. The second-order valence-electron chi connectivity index (χ2n) is 12.1. The zero-order valence-corrected chi connectivity index (χ0v) is 30.4. The summed E-state index contributed by atoms with van der Waals surface area (Å²) in [4.78, 5) is 66.8. The van der Waals surface area contributed by atoms with Gasteiger partial charge in [-0.2, -0.15) is 0 Å². The number of carbonyl (C=O) groups excluding carboxylic acids is 5. The van der Waals surface area contributed by atoms with Gasteiger partial charge < -0.3 is 24.8 Å². The van der Waals surface area contributed by atoms with Crippen molar-refractivity contribution in [2.45, 2.75) is 60.8 Å². The van der Waals surface area contributed by atoms with Crippen LogP contribution in [0.5, 0.6) is 11.5 Å². The molecule has 1 aromatic carbocycles. The second-order valence-corrected chi connectivity index (χ2v) is 14.7. The fraction of sp³-hybridized carbons (Fsp3) is 0.378. The molecule has 4 amide bonds. The van der Waals surface area contributed by atoms with Gasteiger partial charge in [0, 0.05) is 17.7 Å². The molecule has 12 nitrogen and oxygen atoms in total. The molecule has 2 aliphatic carbocycles. The number of nitrogens with one attached hydrogen (secondary N) is 2. The third-order valence-electron chi connectivity index (χ3n) is 8.05. The fourth-order valence-corrected chi connectivity index (χ4v) is 8.62. The first-order chi connectivity index (χ1) is 24.6. The third kappa shape index (κ3) is 9.28. The molecule has 51 heavy (non-hydrogen) atoms. The molecule has 5 rings (SSSR count). The Bertz CT molecular complexity index is 1820. The standard InChI is InChI=1S/C37H40N4O8S2/c1-5-6-17-38-36(45)48-27-20-24(4)29(49-37(46)39-18-19-47-34(44)23(2)3)31-30(27)50-35(51-31)28-32(42)40(21-25-13-9-7-10-14-25)41(33(28)43)22-26-15-11-8-12-16-26/h7-9,11,13,15,20,28,35H,2,5-6,10,14,17-19,21-22H2,1,3-4H3,(H,38,45)(H,39,46). The van der Waals surface area contributed by atoms with Gasteiger partial charge in [-0.3, -0.25) is 9.59 Å². The van der Waals surface area contributed by atoms with Crippen molar-refractivity contribution in [3.05, 3.63) is 82.8 Å². The largest absolute Gasteiger partial charge is 0.460 e. The van der Waals surface area contributed by atoms with Crippen LogP contribution in [-0.4, -0.2) is 77.4 Å². The number of carbonyl (C=O) groups is 5. The molecule has 0 saturated carbocycles. The summed E-state index contributed by atoms with van der Waals surface area (Å²) in [6, 6.07) is 1.59. The first kappa shape index (κ1) is 37.4. The van der Waals surface area contributed by atoms with E-state index in [1.165, 1.54) is 40.5 Å². The molecule has 4 aliphatic rings. The smallest absolute Gasteiger partial charge is 0.412 e. The van der Waals surface area contributed by atoms with Crippen molar-refractivity contribution in [3.8, 4) is 11.5 Å². The molecule has 1 aromatic rings. The third-order valence-corrected chi connectivity index (χ3v) is 11.0. The van der Waals surface area contributed by atoms with Crippen molar-refractivity contribution in [2.75, 3.05) is 32.8 Å². The molecule has 1 saturated heterocycles. The van der Waals surface area contributed by atoms with E-state index in [-0.39, 0.29) is 55.1 Å². The van der Waals surface area contributed by atoms with E-state index in [0.29, 0.717) is 27.5 Å². The van der Waals surface area contributed by atoms with Crippen molar-refractivity contribution >= 4 is 53.5 Å². The maximum Gasteiger partial charge on any atom is 0.412 e. The van der Waals surface area contributed by atoms with Gasteiger partial charge in [0.05, 0.1) is 34.0 Å². The second kappa shape index (κ2) is 17.4. The highest BCUT2D eigenvalue weighted by Crippen LogP contribution is 2.59. The number of benzene rings is 1. The Morgan fingerprint density at radius 3 is 2.43 bits per heavy atom. The lowest BCUT2D eigenvalue weighted by Crippen LogP contribution is -2.43. The summed E-state index contributed by atoms with van der Waals surface area (Å²) in [6.45, 7) is 9.49. The van der Waals surface area contributed by atoms with Gasteiger partial charge in [0.25, 0.3) is 11.8 Å². The summed E-state index contributed by atoms with van der Waals surface area (Å²) in [7, 11) is 0. The number of hydrazine groups is 1. The number of ether oxygens (including phenoxy) is 3. The Morgan fingerprint density at radius 1 is 1.02 bits per heavy atom. The van der Waals surface area contributed by atoms with Crippen molar-refractivity contribution in [3.63, 3.8) is 0 Å². The quantitative estimate of drug-likeness (QED) is 0.0781. The summed E-state index contributed by atoms with van der Waals surface area (Å²) in [5, 5.41) is 8.28. The molecular formula is C37H40N4O8S2. The predicted molar refractivity (Wildman–Crippen MR) is 193 cm³/mol. The van der Waals surface area contributed by atoms with Gasteiger partial charge in [-0.05, 0) is 62.5 Å². The van der Waals surface area contributed by atoms with Crippen molar-refractivity contribution in [1.29, 1.82) is 0 Å². The first-order valence-electron chi connectivity index (χ1n) is 16.7. The van der Waals surface area contributed by atoms with E-state index in [2.05, 4.69) is 34.8 Å². The maximum atomic E-state index is 14.2. The Balaban J connectivity index is 1.41. The lowest BCUT2D eigenvalue weighted by atomic mass is 10.0. The number of fused-ring (bicyclic) bond motifs is 1. The van der Waals surface area contributed by atoms with Crippen LogP contribution in [0.2, 0.25) is 0 Å². The number of unbranched alkanes of at least 4 members (excludes halogenated alkanes) is 1. The molecule has 0 bridgehead atoms. The van der Waals surface area contributed by atoms with Crippen LogP contribution in [0.15, 0.2) is 87.1 Å². The Kier molecular flexibility index (Phi) is 12.7. The molecule has 0 aromatic heterocycles. The Hall–Kier alpha value is -4.87. The van der Waals surface area contributed by atoms with Crippen LogP contribution >= 0.6 is 23.5 Å². The van der Waals surface area contributed by atoms with Crippen LogP contribution in [0.25, 0.3) is 0 Å². The summed E-state index contributed by atoms with van der Waals surface area (Å²) in [5.74, 6) is -1.97. The van der Waals surface area contributed by atoms with E-state index < -0.39 is 28.7 Å². The molecule has 14 heteroatoms. The SMILES string of the molecule is C=C(C)C(=O)OCCNC(=O)Oc1c(C)cc(OC(=O)NCCCC)c2c1SC(C1C(=O)N(CC3=C=C=CC=C3)N(CC3=CC=CCC3)C1=O)S2. The highest BCUT2D eigenvalue weighted by molar-refractivity contribution is 8.19. The normalized spacial score (nSPS) is 18.7. The van der Waals surface area contributed by atoms with Crippen LogP contribution in [0.3, 0.4) is 0 Å². The molecule has 2 N–H and O–H groups in total. The zero-order valence-electron chi connectivity index (χ0n) is 28.7. The van der Waals surface area contributed by atoms with Gasteiger partial charge in [-0.25, -0.2) is 24.4 Å². The van der Waals surface area contributed by atoms with E-state index in [0.717, 1.165) is 31.3 Å². The molecule has 2 atom stereocenters. The number of hydrogen-bond donors (Lipinski definition) is 2. The average Bonchev–Trinajstić information content (AvgIpc) is 3.64. The van der Waals surface area contributed by atoms with Crippen molar-refractivity contribution in [2.24, 2.45) is 5.92 Å². The molecule has 2 aliphatic heterocycles. The summed E-state index contributed by atoms with van der Waals surface area (Å²) in [6.07, 6.45) is 13.2. The number of hydrogen-bond acceptors (Lipinski definition) is 10. The molecule has 1 fully saturated rings. The average molecular weight is 733 g/mol. The van der Waals surface area contributed by atoms with Gasteiger partial charge in [0.15, 0.2) is 5.75 Å².